The topological polar surface area (TPSA) is 46.5 Å². The van der Waals surface area contributed by atoms with Gasteiger partial charge in [-0.3, -0.25) is 4.79 Å². The first kappa shape index (κ1) is 19.9. The van der Waals surface area contributed by atoms with E-state index in [1.165, 1.54) is 6.07 Å². The summed E-state index contributed by atoms with van der Waals surface area (Å²) in [6.07, 6.45) is 5.96. The third-order valence-electron chi connectivity index (χ3n) is 5.91. The smallest absolute Gasteiger partial charge is 0.508 e. The number of phenols is 1. The Morgan fingerprint density at radius 3 is 2.59 bits per heavy atom. The third kappa shape index (κ3) is 3.63. The van der Waals surface area contributed by atoms with Crippen LogP contribution in [0.1, 0.15) is 87.2 Å². The molecule has 0 aromatic heterocycles. The van der Waals surface area contributed by atoms with Crippen molar-refractivity contribution < 1.29 is 23.2 Å². The molecule has 0 bridgehead atoms. The summed E-state index contributed by atoms with van der Waals surface area (Å²) in [7, 11) is -3.03. The zero-order chi connectivity index (χ0) is 19.9. The second kappa shape index (κ2) is 7.29. The first-order valence-electron chi connectivity index (χ1n) is 9.72. The number of fused-ring (bicyclic) bond motifs is 1. The van der Waals surface area contributed by atoms with Gasteiger partial charge in [0.1, 0.15) is 11.5 Å². The zero-order valence-corrected chi connectivity index (χ0v) is 16.4. The lowest BCUT2D eigenvalue weighted by atomic mass is 9.83. The quantitative estimate of drug-likeness (QED) is 0.522. The molecule has 1 aromatic rings. The van der Waals surface area contributed by atoms with Crippen LogP contribution in [-0.4, -0.2) is 18.4 Å². The highest BCUT2D eigenvalue weighted by atomic mass is 19.2. The molecule has 1 aromatic carbocycles. The van der Waals surface area contributed by atoms with Crippen LogP contribution in [-0.2, 0) is 5.41 Å². The molecule has 27 heavy (non-hydrogen) atoms. The number of rotatable bonds is 5. The predicted molar refractivity (Wildman–Crippen MR) is 103 cm³/mol. The Labute approximate surface area is 160 Å². The molecule has 2 aliphatic rings. The summed E-state index contributed by atoms with van der Waals surface area (Å²) in [5.74, 6) is -0.235. The number of benzene rings is 1. The summed E-state index contributed by atoms with van der Waals surface area (Å²) in [5.41, 5.74) is 1.52. The lowest BCUT2D eigenvalue weighted by Gasteiger charge is -2.23. The van der Waals surface area contributed by atoms with Crippen molar-refractivity contribution in [3.05, 3.63) is 34.4 Å². The van der Waals surface area contributed by atoms with Crippen LogP contribution >= 0.6 is 0 Å². The lowest BCUT2D eigenvalue weighted by Crippen LogP contribution is -2.18. The average molecular weight is 376 g/mol. The van der Waals surface area contributed by atoms with Crippen molar-refractivity contribution in [3.8, 4) is 11.5 Å². The van der Waals surface area contributed by atoms with Crippen molar-refractivity contribution >= 4 is 13.3 Å². The SMILES string of the molecule is CC(C)C1CC(C)(C)c2c(O)cc(C(=O)C3=CCCCC3)c(OB(F)F)c21. The maximum atomic E-state index is 13.3. The fourth-order valence-electron chi connectivity index (χ4n) is 4.66. The molecule has 0 saturated heterocycles. The van der Waals surface area contributed by atoms with E-state index in [1.807, 2.05) is 33.8 Å². The van der Waals surface area contributed by atoms with E-state index in [0.717, 1.165) is 19.3 Å². The summed E-state index contributed by atoms with van der Waals surface area (Å²) in [5, 5.41) is 10.7. The standard InChI is InChI=1S/C21H27BF2O3/c1-12(2)15-11-21(3,4)18-16(25)10-14(20(17(15)18)27-22(23)24)19(26)13-8-6-5-7-9-13/h8,10,12,15,25H,5-7,9,11H2,1-4H3. The number of phenolic OH excluding ortho intramolecular Hbond substituents is 1. The molecule has 2 aliphatic carbocycles. The summed E-state index contributed by atoms with van der Waals surface area (Å²) in [6.45, 7) is 8.03. The van der Waals surface area contributed by atoms with Crippen LogP contribution in [0.15, 0.2) is 17.7 Å². The van der Waals surface area contributed by atoms with Crippen LogP contribution in [0.25, 0.3) is 0 Å². The van der Waals surface area contributed by atoms with Gasteiger partial charge in [0.25, 0.3) is 0 Å². The molecule has 0 spiro atoms. The fourth-order valence-corrected chi connectivity index (χ4v) is 4.66. The Hall–Kier alpha value is -1.85. The Kier molecular flexibility index (Phi) is 5.37. The minimum Gasteiger partial charge on any atom is -0.508 e. The number of hydrogen-bond acceptors (Lipinski definition) is 3. The Balaban J connectivity index is 2.23. The molecule has 0 heterocycles. The lowest BCUT2D eigenvalue weighted by molar-refractivity contribution is 0.102. The number of hydrogen-bond donors (Lipinski definition) is 1. The maximum Gasteiger partial charge on any atom is 0.796 e. The Morgan fingerprint density at radius 1 is 1.33 bits per heavy atom. The highest BCUT2D eigenvalue weighted by Gasteiger charge is 2.44. The van der Waals surface area contributed by atoms with Crippen molar-refractivity contribution in [3.63, 3.8) is 0 Å². The average Bonchev–Trinajstić information content (AvgIpc) is 2.89. The highest BCUT2D eigenvalue weighted by Crippen LogP contribution is 2.56. The van der Waals surface area contributed by atoms with Crippen LogP contribution in [0.5, 0.6) is 11.5 Å². The van der Waals surface area contributed by atoms with Crippen molar-refractivity contribution in [2.24, 2.45) is 5.92 Å². The van der Waals surface area contributed by atoms with Gasteiger partial charge >= 0.3 is 7.47 Å². The van der Waals surface area contributed by atoms with Gasteiger partial charge in [0, 0.05) is 11.1 Å². The van der Waals surface area contributed by atoms with Gasteiger partial charge < -0.3 is 9.76 Å². The number of carbonyl (C=O) groups excluding carboxylic acids is 1. The van der Waals surface area contributed by atoms with E-state index in [2.05, 4.69) is 0 Å². The molecule has 0 radical (unpaired) electrons. The first-order chi connectivity index (χ1) is 12.6. The molecule has 1 atom stereocenters. The van der Waals surface area contributed by atoms with E-state index in [4.69, 9.17) is 4.65 Å². The molecule has 146 valence electrons. The van der Waals surface area contributed by atoms with E-state index < -0.39 is 7.47 Å². The van der Waals surface area contributed by atoms with Crippen molar-refractivity contribution in [2.45, 2.75) is 71.1 Å². The van der Waals surface area contributed by atoms with Crippen LogP contribution in [0.4, 0.5) is 8.63 Å². The van der Waals surface area contributed by atoms with Gasteiger partial charge in [0.05, 0.1) is 5.56 Å². The number of ketones is 1. The summed E-state index contributed by atoms with van der Waals surface area (Å²) >= 11 is 0. The van der Waals surface area contributed by atoms with Gasteiger partial charge in [-0.25, -0.2) is 8.63 Å². The Morgan fingerprint density at radius 2 is 2.04 bits per heavy atom. The molecule has 0 aliphatic heterocycles. The predicted octanol–water partition coefficient (Wildman–Crippen LogP) is 5.80. The summed E-state index contributed by atoms with van der Waals surface area (Å²) < 4.78 is 31.5. The molecule has 3 nitrogen and oxygen atoms in total. The zero-order valence-electron chi connectivity index (χ0n) is 16.4. The second-order valence-electron chi connectivity index (χ2n) is 8.68. The molecule has 1 unspecified atom stereocenters. The second-order valence-corrected chi connectivity index (χ2v) is 8.68. The maximum absolute atomic E-state index is 13.3. The number of carbonyl (C=O) groups is 1. The van der Waals surface area contributed by atoms with Crippen LogP contribution < -0.4 is 4.65 Å². The largest absolute Gasteiger partial charge is 0.796 e. The van der Waals surface area contributed by atoms with Crippen molar-refractivity contribution in [2.75, 3.05) is 0 Å². The van der Waals surface area contributed by atoms with Crippen molar-refractivity contribution in [1.82, 2.24) is 0 Å². The van der Waals surface area contributed by atoms with E-state index in [0.29, 0.717) is 29.5 Å². The van der Waals surface area contributed by atoms with Gasteiger partial charge in [-0.2, -0.15) is 0 Å². The number of Topliss-reactive ketones (excluding diaryl/α,β-unsaturated/α-hetero) is 1. The molecule has 0 fully saturated rings. The molecule has 1 N–H and O–H groups in total. The number of halogens is 2. The summed E-state index contributed by atoms with van der Waals surface area (Å²) in [4.78, 5) is 13.1. The van der Waals surface area contributed by atoms with Gasteiger partial charge in [-0.15, -0.1) is 0 Å². The fraction of sp³-hybridized carbons (Fsp3) is 0.571. The van der Waals surface area contributed by atoms with E-state index in [9.17, 15) is 18.5 Å². The normalized spacial score (nSPS) is 21.0. The van der Waals surface area contributed by atoms with Gasteiger partial charge in [-0.05, 0) is 61.0 Å². The van der Waals surface area contributed by atoms with Gasteiger partial charge in [0.2, 0.25) is 0 Å². The number of allylic oxidation sites excluding steroid dienone is 2. The van der Waals surface area contributed by atoms with Crippen molar-refractivity contribution in [1.29, 1.82) is 0 Å². The van der Waals surface area contributed by atoms with Crippen LogP contribution in [0.3, 0.4) is 0 Å². The molecule has 0 amide bonds. The highest BCUT2D eigenvalue weighted by molar-refractivity contribution is 6.36. The Bertz CT molecular complexity index is 784. The third-order valence-corrected chi connectivity index (χ3v) is 5.91. The molecule has 6 heteroatoms. The first-order valence-corrected chi connectivity index (χ1v) is 9.72. The minimum absolute atomic E-state index is 0.000439. The molecule has 0 saturated carbocycles. The monoisotopic (exact) mass is 376 g/mol. The molecule has 3 rings (SSSR count). The van der Waals surface area contributed by atoms with Gasteiger partial charge in [0.15, 0.2) is 5.78 Å². The number of aromatic hydroxyl groups is 1. The molecular formula is C21H27BF2O3. The van der Waals surface area contributed by atoms with E-state index in [-0.39, 0.29) is 40.1 Å². The van der Waals surface area contributed by atoms with E-state index in [1.54, 1.807) is 0 Å². The van der Waals surface area contributed by atoms with Crippen LogP contribution in [0, 0.1) is 5.92 Å². The van der Waals surface area contributed by atoms with E-state index >= 15 is 0 Å². The van der Waals surface area contributed by atoms with Gasteiger partial charge in [-0.1, -0.05) is 33.8 Å². The van der Waals surface area contributed by atoms with Crippen LogP contribution in [0.2, 0.25) is 0 Å². The minimum atomic E-state index is -3.03. The summed E-state index contributed by atoms with van der Waals surface area (Å²) in [6, 6.07) is 1.33. The molecular weight excluding hydrogens is 349 g/mol.